The molecule has 7 heteroatoms. The zero-order valence-electron chi connectivity index (χ0n) is 8.19. The molecule has 0 aliphatic carbocycles. The van der Waals surface area contributed by atoms with E-state index >= 15 is 0 Å². The summed E-state index contributed by atoms with van der Waals surface area (Å²) in [6, 6.07) is 9.49. The molecule has 0 bridgehead atoms. The maximum absolute atomic E-state index is 10.2. The molecule has 0 atom stereocenters. The Kier molecular flexibility index (Phi) is 3.84. The van der Waals surface area contributed by atoms with Gasteiger partial charge < -0.3 is 5.73 Å². The number of nitrogen functional groups attached to an aromatic ring is 1. The maximum Gasteiger partial charge on any atom is 0.330 e. The molecule has 7 nitrogen and oxygen atoms in total. The largest absolute Gasteiger partial charge is 0.399 e. The van der Waals surface area contributed by atoms with Crippen molar-refractivity contribution < 1.29 is 0 Å². The first-order valence-corrected chi connectivity index (χ1v) is 4.31. The summed E-state index contributed by atoms with van der Waals surface area (Å²) < 4.78 is 0. The monoisotopic (exact) mass is 222 g/mol. The quantitative estimate of drug-likeness (QED) is 0.427. The first kappa shape index (κ1) is 11.5. The number of hydrogen-bond acceptors (Lipinski definition) is 4. The van der Waals surface area contributed by atoms with Crippen molar-refractivity contribution in [3.63, 3.8) is 0 Å². The van der Waals surface area contributed by atoms with Crippen LogP contribution in [0.25, 0.3) is 0 Å². The number of aromatic nitrogens is 3. The van der Waals surface area contributed by atoms with Crippen LogP contribution in [-0.4, -0.2) is 15.0 Å². The summed E-state index contributed by atoms with van der Waals surface area (Å²) in [7, 11) is 0. The van der Waals surface area contributed by atoms with Crippen molar-refractivity contribution in [2.24, 2.45) is 0 Å². The molecule has 1 heterocycles. The summed E-state index contributed by atoms with van der Waals surface area (Å²) in [5, 5.41) is 0. The van der Waals surface area contributed by atoms with Crippen molar-refractivity contribution in [1.29, 1.82) is 0 Å². The molecule has 5 N–H and O–H groups in total. The molecular weight excluding hydrogens is 212 g/mol. The summed E-state index contributed by atoms with van der Waals surface area (Å²) >= 11 is 0. The number of para-hydroxylation sites is 1. The molecule has 1 aromatic carbocycles. The van der Waals surface area contributed by atoms with Gasteiger partial charge in [-0.3, -0.25) is 15.0 Å². The molecule has 2 aromatic rings. The molecule has 0 aliphatic rings. The van der Waals surface area contributed by atoms with E-state index < -0.39 is 17.1 Å². The number of benzene rings is 1. The van der Waals surface area contributed by atoms with Crippen molar-refractivity contribution >= 4 is 5.69 Å². The van der Waals surface area contributed by atoms with Crippen LogP contribution in [-0.2, 0) is 0 Å². The van der Waals surface area contributed by atoms with E-state index in [4.69, 9.17) is 5.73 Å². The Bertz CT molecular complexity index is 518. The molecule has 0 amide bonds. The molecule has 0 radical (unpaired) electrons. The topological polar surface area (TPSA) is 125 Å². The fourth-order valence-electron chi connectivity index (χ4n) is 0.856. The third-order valence-electron chi connectivity index (χ3n) is 1.48. The Morgan fingerprint density at radius 3 is 1.38 bits per heavy atom. The predicted octanol–water partition coefficient (Wildman–Crippen LogP) is -0.980. The Hall–Kier alpha value is -2.57. The lowest BCUT2D eigenvalue weighted by molar-refractivity contribution is 0.888. The van der Waals surface area contributed by atoms with Gasteiger partial charge in [-0.1, -0.05) is 18.2 Å². The molecule has 1 aromatic heterocycles. The van der Waals surface area contributed by atoms with Crippen LogP contribution in [0.5, 0.6) is 0 Å². The predicted molar refractivity (Wildman–Crippen MR) is 59.2 cm³/mol. The second-order valence-corrected chi connectivity index (χ2v) is 2.77. The Morgan fingerprint density at radius 2 is 1.12 bits per heavy atom. The highest BCUT2D eigenvalue weighted by Gasteiger charge is 1.85. The van der Waals surface area contributed by atoms with Crippen LogP contribution in [0, 0.1) is 0 Å². The van der Waals surface area contributed by atoms with Crippen LogP contribution in [0.4, 0.5) is 5.69 Å². The van der Waals surface area contributed by atoms with Gasteiger partial charge in [0.2, 0.25) is 0 Å². The van der Waals surface area contributed by atoms with Crippen molar-refractivity contribution in [1.82, 2.24) is 15.0 Å². The van der Waals surface area contributed by atoms with E-state index in [1.807, 2.05) is 30.3 Å². The SMILES string of the molecule is Nc1ccccc1.O=c1[nH]c(=O)[nH]c(=O)[nH]1. The lowest BCUT2D eigenvalue weighted by atomic mass is 10.3. The lowest BCUT2D eigenvalue weighted by Gasteiger charge is -1.83. The van der Waals surface area contributed by atoms with Crippen LogP contribution in [0.3, 0.4) is 0 Å². The zero-order valence-corrected chi connectivity index (χ0v) is 8.19. The second kappa shape index (κ2) is 5.35. The van der Waals surface area contributed by atoms with Crippen LogP contribution in [0.15, 0.2) is 44.7 Å². The van der Waals surface area contributed by atoms with E-state index in [1.54, 1.807) is 15.0 Å². The highest BCUT2D eigenvalue weighted by atomic mass is 16.2. The number of hydrogen-bond donors (Lipinski definition) is 4. The summed E-state index contributed by atoms with van der Waals surface area (Å²) in [4.78, 5) is 35.9. The first-order chi connectivity index (χ1) is 7.58. The number of nitrogens with two attached hydrogens (primary N) is 1. The summed E-state index contributed by atoms with van der Waals surface area (Å²) in [5.74, 6) is 0. The fraction of sp³-hybridized carbons (Fsp3) is 0. The van der Waals surface area contributed by atoms with Crippen molar-refractivity contribution in [2.45, 2.75) is 0 Å². The minimum Gasteiger partial charge on any atom is -0.399 e. The van der Waals surface area contributed by atoms with Gasteiger partial charge in [0.15, 0.2) is 0 Å². The lowest BCUT2D eigenvalue weighted by Crippen LogP contribution is -2.34. The Balaban J connectivity index is 0.000000165. The second-order valence-electron chi connectivity index (χ2n) is 2.77. The molecule has 0 saturated heterocycles. The van der Waals surface area contributed by atoms with E-state index in [-0.39, 0.29) is 0 Å². The van der Waals surface area contributed by atoms with Gasteiger partial charge in [-0.2, -0.15) is 0 Å². The molecule has 84 valence electrons. The van der Waals surface area contributed by atoms with Gasteiger partial charge in [-0.25, -0.2) is 14.4 Å². The first-order valence-electron chi connectivity index (χ1n) is 4.31. The number of H-pyrrole nitrogens is 3. The summed E-state index contributed by atoms with van der Waals surface area (Å²) in [5.41, 5.74) is 3.77. The van der Waals surface area contributed by atoms with Gasteiger partial charge in [0.25, 0.3) is 0 Å². The molecular formula is C9H10N4O3. The van der Waals surface area contributed by atoms with Gasteiger partial charge >= 0.3 is 17.1 Å². The Morgan fingerprint density at radius 1 is 0.750 bits per heavy atom. The number of nitrogens with one attached hydrogen (secondary N) is 3. The van der Waals surface area contributed by atoms with E-state index in [0.717, 1.165) is 5.69 Å². The standard InChI is InChI=1S/C6H7N.C3H3N3O3/c7-6-4-2-1-3-5-6;7-1-4-2(8)6-3(9)5-1/h1-5H,7H2;(H3,4,5,6,7,8,9). The average molecular weight is 222 g/mol. The van der Waals surface area contributed by atoms with Gasteiger partial charge in [0.1, 0.15) is 0 Å². The number of aromatic amines is 3. The van der Waals surface area contributed by atoms with Crippen LogP contribution < -0.4 is 22.8 Å². The van der Waals surface area contributed by atoms with Gasteiger partial charge in [0, 0.05) is 5.69 Å². The highest BCUT2D eigenvalue weighted by Crippen LogP contribution is 1.95. The molecule has 0 fully saturated rings. The van der Waals surface area contributed by atoms with Gasteiger partial charge in [-0.05, 0) is 12.1 Å². The van der Waals surface area contributed by atoms with Crippen molar-refractivity contribution in [3.8, 4) is 0 Å². The molecule has 0 unspecified atom stereocenters. The van der Waals surface area contributed by atoms with Crippen LogP contribution >= 0.6 is 0 Å². The van der Waals surface area contributed by atoms with Crippen LogP contribution in [0.2, 0.25) is 0 Å². The Labute approximate surface area is 89.0 Å². The smallest absolute Gasteiger partial charge is 0.330 e. The van der Waals surface area contributed by atoms with Crippen LogP contribution in [0.1, 0.15) is 0 Å². The highest BCUT2D eigenvalue weighted by molar-refractivity contribution is 5.35. The molecule has 2 rings (SSSR count). The van der Waals surface area contributed by atoms with E-state index in [0.29, 0.717) is 0 Å². The third kappa shape index (κ3) is 4.09. The minimum atomic E-state index is -0.802. The van der Waals surface area contributed by atoms with E-state index in [9.17, 15) is 14.4 Å². The average Bonchev–Trinajstić information content (AvgIpc) is 2.17. The van der Waals surface area contributed by atoms with Gasteiger partial charge in [0.05, 0.1) is 0 Å². The van der Waals surface area contributed by atoms with Crippen molar-refractivity contribution in [2.75, 3.05) is 5.73 Å². The normalized spacial score (nSPS) is 9.00. The molecule has 16 heavy (non-hydrogen) atoms. The summed E-state index contributed by atoms with van der Waals surface area (Å²) in [6.45, 7) is 0. The van der Waals surface area contributed by atoms with Gasteiger partial charge in [-0.15, -0.1) is 0 Å². The van der Waals surface area contributed by atoms with E-state index in [1.165, 1.54) is 0 Å². The summed E-state index contributed by atoms with van der Waals surface area (Å²) in [6.07, 6.45) is 0. The number of rotatable bonds is 0. The van der Waals surface area contributed by atoms with E-state index in [2.05, 4.69) is 0 Å². The molecule has 0 saturated carbocycles. The zero-order chi connectivity index (χ0) is 12.0. The molecule has 0 aliphatic heterocycles. The minimum absolute atomic E-state index is 0.802. The van der Waals surface area contributed by atoms with Crippen molar-refractivity contribution in [3.05, 3.63) is 61.8 Å². The maximum atomic E-state index is 10.2. The number of anilines is 1. The fourth-order valence-corrected chi connectivity index (χ4v) is 0.856. The third-order valence-corrected chi connectivity index (χ3v) is 1.48. The molecule has 0 spiro atoms.